The minimum absolute atomic E-state index is 0.0335. The van der Waals surface area contributed by atoms with Crippen LogP contribution in [0.5, 0.6) is 5.75 Å². The Bertz CT molecular complexity index is 898. The van der Waals surface area contributed by atoms with Gasteiger partial charge in [0.1, 0.15) is 5.75 Å². The van der Waals surface area contributed by atoms with Crippen LogP contribution in [0.1, 0.15) is 5.56 Å². The molecule has 0 aromatic heterocycles. The number of rotatable bonds is 4. The van der Waals surface area contributed by atoms with Gasteiger partial charge < -0.3 is 19.3 Å². The zero-order chi connectivity index (χ0) is 20.2. The molecule has 1 saturated heterocycles. The number of thioether (sulfide) groups is 1. The number of para-hydroxylation sites is 2. The van der Waals surface area contributed by atoms with Crippen LogP contribution in [-0.2, 0) is 14.3 Å². The van der Waals surface area contributed by atoms with Gasteiger partial charge in [-0.2, -0.15) is 0 Å². The Hall–Kier alpha value is -2.51. The molecule has 2 aliphatic heterocycles. The fourth-order valence-corrected chi connectivity index (χ4v) is 4.43. The van der Waals surface area contributed by atoms with Crippen LogP contribution in [0.2, 0.25) is 0 Å². The van der Waals surface area contributed by atoms with Crippen molar-refractivity contribution in [1.29, 1.82) is 0 Å². The van der Waals surface area contributed by atoms with E-state index >= 15 is 0 Å². The van der Waals surface area contributed by atoms with Gasteiger partial charge in [-0.15, -0.1) is 11.8 Å². The van der Waals surface area contributed by atoms with E-state index in [-0.39, 0.29) is 18.4 Å². The van der Waals surface area contributed by atoms with Gasteiger partial charge >= 0.3 is 0 Å². The molecule has 2 heterocycles. The molecule has 2 aromatic carbocycles. The van der Waals surface area contributed by atoms with Gasteiger partial charge in [-0.1, -0.05) is 30.3 Å². The van der Waals surface area contributed by atoms with Crippen molar-refractivity contribution in [2.75, 3.05) is 43.5 Å². The minimum Gasteiger partial charge on any atom is -0.476 e. The van der Waals surface area contributed by atoms with Crippen molar-refractivity contribution in [3.05, 3.63) is 54.1 Å². The SMILES string of the molecule is Cc1ccccc1SCC(=O)N1CC(C(=O)N2CCOCC2)Oc2ccccc21. The molecule has 0 radical (unpaired) electrons. The number of fused-ring (bicyclic) bond motifs is 1. The number of hydrogen-bond donors (Lipinski definition) is 0. The van der Waals surface area contributed by atoms with Crippen molar-refractivity contribution in [1.82, 2.24) is 4.90 Å². The molecule has 2 aliphatic rings. The third-order valence-corrected chi connectivity index (χ3v) is 6.28. The van der Waals surface area contributed by atoms with Crippen molar-refractivity contribution in [3.8, 4) is 5.75 Å². The summed E-state index contributed by atoms with van der Waals surface area (Å²) in [6, 6.07) is 15.4. The third kappa shape index (κ3) is 4.41. The highest BCUT2D eigenvalue weighted by atomic mass is 32.2. The van der Waals surface area contributed by atoms with Gasteiger partial charge in [0.2, 0.25) is 5.91 Å². The highest BCUT2D eigenvalue weighted by Gasteiger charge is 2.36. The second kappa shape index (κ2) is 8.88. The zero-order valence-electron chi connectivity index (χ0n) is 16.4. The van der Waals surface area contributed by atoms with Gasteiger partial charge in [-0.25, -0.2) is 0 Å². The van der Waals surface area contributed by atoms with Crippen molar-refractivity contribution < 1.29 is 19.1 Å². The molecule has 0 bridgehead atoms. The first-order valence-corrected chi connectivity index (χ1v) is 10.7. The molecule has 1 unspecified atom stereocenters. The lowest BCUT2D eigenvalue weighted by atomic mass is 10.1. The Morgan fingerprint density at radius 2 is 1.79 bits per heavy atom. The van der Waals surface area contributed by atoms with E-state index in [4.69, 9.17) is 9.47 Å². The van der Waals surface area contributed by atoms with Crippen LogP contribution >= 0.6 is 11.8 Å². The predicted molar refractivity (Wildman–Crippen MR) is 113 cm³/mol. The Balaban J connectivity index is 1.50. The highest BCUT2D eigenvalue weighted by Crippen LogP contribution is 2.34. The zero-order valence-corrected chi connectivity index (χ0v) is 17.2. The molecule has 1 fully saturated rings. The molecule has 0 aliphatic carbocycles. The smallest absolute Gasteiger partial charge is 0.265 e. The average molecular weight is 413 g/mol. The molecule has 0 saturated carbocycles. The first-order chi connectivity index (χ1) is 14.1. The highest BCUT2D eigenvalue weighted by molar-refractivity contribution is 8.00. The third-order valence-electron chi connectivity index (χ3n) is 5.12. The molecule has 6 nitrogen and oxygen atoms in total. The Morgan fingerprint density at radius 3 is 2.59 bits per heavy atom. The Kier molecular flexibility index (Phi) is 6.06. The molecule has 0 spiro atoms. The quantitative estimate of drug-likeness (QED) is 0.723. The van der Waals surface area contributed by atoms with Crippen molar-refractivity contribution in [2.24, 2.45) is 0 Å². The second-order valence-electron chi connectivity index (χ2n) is 7.07. The average Bonchev–Trinajstić information content (AvgIpc) is 2.77. The lowest BCUT2D eigenvalue weighted by Gasteiger charge is -2.37. The van der Waals surface area contributed by atoms with E-state index in [1.165, 1.54) is 11.8 Å². The topological polar surface area (TPSA) is 59.1 Å². The van der Waals surface area contributed by atoms with Gasteiger partial charge in [-0.05, 0) is 30.7 Å². The van der Waals surface area contributed by atoms with Gasteiger partial charge in [0.15, 0.2) is 6.10 Å². The Labute approximate surface area is 174 Å². The fourth-order valence-electron chi connectivity index (χ4n) is 3.52. The van der Waals surface area contributed by atoms with Crippen molar-refractivity contribution in [3.63, 3.8) is 0 Å². The maximum Gasteiger partial charge on any atom is 0.265 e. The number of carbonyl (C=O) groups excluding carboxylic acids is 2. The summed E-state index contributed by atoms with van der Waals surface area (Å²) >= 11 is 1.52. The van der Waals surface area contributed by atoms with Crippen LogP contribution in [0.25, 0.3) is 0 Å². The van der Waals surface area contributed by atoms with Crippen LogP contribution in [0.3, 0.4) is 0 Å². The number of hydrogen-bond acceptors (Lipinski definition) is 5. The van der Waals surface area contributed by atoms with Crippen molar-refractivity contribution >= 4 is 29.3 Å². The minimum atomic E-state index is -0.699. The number of morpholine rings is 1. The summed E-state index contributed by atoms with van der Waals surface area (Å²) in [5.41, 5.74) is 1.86. The van der Waals surface area contributed by atoms with E-state index in [0.717, 1.165) is 10.5 Å². The van der Waals surface area contributed by atoms with Gasteiger partial charge in [-0.3, -0.25) is 9.59 Å². The molecular weight excluding hydrogens is 388 g/mol. The lowest BCUT2D eigenvalue weighted by molar-refractivity contribution is -0.142. The summed E-state index contributed by atoms with van der Waals surface area (Å²) in [6.45, 7) is 4.43. The van der Waals surface area contributed by atoms with Crippen LogP contribution in [0, 0.1) is 6.92 Å². The molecule has 152 valence electrons. The number of nitrogens with zero attached hydrogens (tertiary/aromatic N) is 2. The summed E-state index contributed by atoms with van der Waals surface area (Å²) in [5.74, 6) is 0.748. The molecule has 29 heavy (non-hydrogen) atoms. The van der Waals surface area contributed by atoms with Gasteiger partial charge in [0, 0.05) is 18.0 Å². The van der Waals surface area contributed by atoms with E-state index in [1.807, 2.05) is 55.5 Å². The van der Waals surface area contributed by atoms with E-state index in [1.54, 1.807) is 9.80 Å². The number of anilines is 1. The largest absolute Gasteiger partial charge is 0.476 e. The number of amides is 2. The lowest BCUT2D eigenvalue weighted by Crippen LogP contribution is -2.54. The molecule has 1 atom stereocenters. The predicted octanol–water partition coefficient (Wildman–Crippen LogP) is 2.74. The van der Waals surface area contributed by atoms with Crippen LogP contribution in [0.4, 0.5) is 5.69 Å². The molecule has 2 aromatic rings. The number of carbonyl (C=O) groups is 2. The first-order valence-electron chi connectivity index (χ1n) is 9.74. The molecular formula is C22H24N2O4S. The second-order valence-corrected chi connectivity index (χ2v) is 8.09. The van der Waals surface area contributed by atoms with Crippen LogP contribution < -0.4 is 9.64 Å². The van der Waals surface area contributed by atoms with E-state index in [0.29, 0.717) is 43.5 Å². The fraction of sp³-hybridized carbons (Fsp3) is 0.364. The van der Waals surface area contributed by atoms with E-state index < -0.39 is 6.10 Å². The molecule has 0 N–H and O–H groups in total. The molecule has 4 rings (SSSR count). The summed E-state index contributed by atoms with van der Waals surface area (Å²) in [7, 11) is 0. The normalized spacial score (nSPS) is 18.7. The monoisotopic (exact) mass is 412 g/mol. The number of ether oxygens (including phenoxy) is 2. The van der Waals surface area contributed by atoms with Crippen LogP contribution in [-0.4, -0.2) is 61.4 Å². The maximum atomic E-state index is 13.1. The van der Waals surface area contributed by atoms with Gasteiger partial charge in [0.05, 0.1) is 31.2 Å². The van der Waals surface area contributed by atoms with Gasteiger partial charge in [0.25, 0.3) is 5.91 Å². The van der Waals surface area contributed by atoms with Crippen LogP contribution in [0.15, 0.2) is 53.4 Å². The molecule has 7 heteroatoms. The standard InChI is InChI=1S/C22H24N2O4S/c1-16-6-2-5-9-20(16)29-15-21(25)24-14-19(22(26)23-10-12-27-13-11-23)28-18-8-4-3-7-17(18)24/h2-9,19H,10-15H2,1H3. The van der Waals surface area contributed by atoms with E-state index in [2.05, 4.69) is 0 Å². The summed E-state index contributed by atoms with van der Waals surface area (Å²) in [6.07, 6.45) is -0.699. The number of benzene rings is 2. The summed E-state index contributed by atoms with van der Waals surface area (Å²) < 4.78 is 11.3. The maximum absolute atomic E-state index is 13.1. The first kappa shape index (κ1) is 19.8. The summed E-state index contributed by atoms with van der Waals surface area (Å²) in [4.78, 5) is 30.6. The Morgan fingerprint density at radius 1 is 1.07 bits per heavy atom. The number of aryl methyl sites for hydroxylation is 1. The van der Waals surface area contributed by atoms with Crippen molar-refractivity contribution in [2.45, 2.75) is 17.9 Å². The summed E-state index contributed by atoms with van der Waals surface area (Å²) in [5, 5.41) is 0. The molecule has 2 amide bonds. The van der Waals surface area contributed by atoms with E-state index in [9.17, 15) is 9.59 Å².